The Bertz CT molecular complexity index is 558. The molecule has 0 amide bonds. The molecule has 21 heavy (non-hydrogen) atoms. The number of nitrogens with one attached hydrogen (secondary N) is 2. The van der Waals surface area contributed by atoms with E-state index < -0.39 is 10.0 Å². The lowest BCUT2D eigenvalue weighted by atomic mass is 10.1. The van der Waals surface area contributed by atoms with Crippen LogP contribution in [0, 0.1) is 5.92 Å². The van der Waals surface area contributed by atoms with E-state index >= 15 is 0 Å². The monoisotopic (exact) mass is 352 g/mol. The molecule has 0 saturated carbocycles. The van der Waals surface area contributed by atoms with Crippen LogP contribution in [0.3, 0.4) is 0 Å². The molecule has 0 aliphatic carbocycles. The molecule has 0 radical (unpaired) electrons. The van der Waals surface area contributed by atoms with Crippen LogP contribution in [0.25, 0.3) is 0 Å². The van der Waals surface area contributed by atoms with Crippen LogP contribution in [-0.4, -0.2) is 28.1 Å². The fourth-order valence-electron chi connectivity index (χ4n) is 2.39. The number of aryl methyl sites for hydroxylation is 1. The second-order valence-corrected chi connectivity index (χ2v) is 7.37. The van der Waals surface area contributed by atoms with Gasteiger partial charge in [-0.15, -0.1) is 12.4 Å². The predicted octanol–water partition coefficient (Wildman–Crippen LogP) is 2.60. The standard InChI is InChI=1S/C14H21ClN2O2S.ClH/c1-2-3-11-4-5-13(15)14(8-11)20(18,19)17-10-12-6-7-16-9-12;/h4-5,8,12,16-17H,2-3,6-7,9-10H2,1H3;1H. The van der Waals surface area contributed by atoms with Crippen molar-refractivity contribution in [3.63, 3.8) is 0 Å². The lowest BCUT2D eigenvalue weighted by molar-refractivity contribution is 0.538. The van der Waals surface area contributed by atoms with Gasteiger partial charge in [-0.2, -0.15) is 0 Å². The molecule has 1 saturated heterocycles. The molecule has 4 nitrogen and oxygen atoms in total. The fourth-order valence-corrected chi connectivity index (χ4v) is 4.06. The zero-order valence-electron chi connectivity index (χ0n) is 12.1. The molecular weight excluding hydrogens is 331 g/mol. The lowest BCUT2D eigenvalue weighted by Gasteiger charge is -2.12. The van der Waals surface area contributed by atoms with Gasteiger partial charge in [0.05, 0.1) is 5.02 Å². The van der Waals surface area contributed by atoms with Crippen molar-refractivity contribution in [2.75, 3.05) is 19.6 Å². The Balaban J connectivity index is 0.00000220. The molecule has 2 rings (SSSR count). The molecule has 1 fully saturated rings. The van der Waals surface area contributed by atoms with Gasteiger partial charge in [0, 0.05) is 6.54 Å². The Kier molecular flexibility index (Phi) is 7.44. The first-order valence-corrected chi connectivity index (χ1v) is 8.88. The van der Waals surface area contributed by atoms with E-state index in [1.807, 2.05) is 6.07 Å². The van der Waals surface area contributed by atoms with E-state index in [0.717, 1.165) is 37.9 Å². The first kappa shape index (κ1) is 18.7. The minimum Gasteiger partial charge on any atom is -0.316 e. The third kappa shape index (κ3) is 5.11. The van der Waals surface area contributed by atoms with Gasteiger partial charge in [0.25, 0.3) is 0 Å². The van der Waals surface area contributed by atoms with E-state index in [1.54, 1.807) is 12.1 Å². The van der Waals surface area contributed by atoms with Crippen LogP contribution in [0.2, 0.25) is 5.02 Å². The summed E-state index contributed by atoms with van der Waals surface area (Å²) in [5, 5.41) is 3.50. The molecule has 1 aromatic carbocycles. The smallest absolute Gasteiger partial charge is 0.242 e. The summed E-state index contributed by atoms with van der Waals surface area (Å²) in [7, 11) is -3.53. The maximum Gasteiger partial charge on any atom is 0.242 e. The lowest BCUT2D eigenvalue weighted by Crippen LogP contribution is -2.30. The molecule has 1 unspecified atom stereocenters. The van der Waals surface area contributed by atoms with Gasteiger partial charge >= 0.3 is 0 Å². The van der Waals surface area contributed by atoms with Crippen molar-refractivity contribution in [2.24, 2.45) is 5.92 Å². The van der Waals surface area contributed by atoms with Gasteiger partial charge in [-0.3, -0.25) is 0 Å². The van der Waals surface area contributed by atoms with E-state index in [1.165, 1.54) is 0 Å². The normalized spacial score (nSPS) is 18.5. The molecule has 1 heterocycles. The van der Waals surface area contributed by atoms with Crippen LogP contribution >= 0.6 is 24.0 Å². The van der Waals surface area contributed by atoms with Crippen molar-refractivity contribution < 1.29 is 8.42 Å². The summed E-state index contributed by atoms with van der Waals surface area (Å²) in [6.07, 6.45) is 2.83. The number of benzene rings is 1. The van der Waals surface area contributed by atoms with E-state index in [0.29, 0.717) is 12.5 Å². The summed E-state index contributed by atoms with van der Waals surface area (Å²) in [5.41, 5.74) is 1.000. The molecule has 1 aliphatic heterocycles. The van der Waals surface area contributed by atoms with Gasteiger partial charge in [-0.1, -0.05) is 31.0 Å². The zero-order valence-corrected chi connectivity index (χ0v) is 14.5. The van der Waals surface area contributed by atoms with Crippen molar-refractivity contribution in [3.8, 4) is 0 Å². The highest BCUT2D eigenvalue weighted by Gasteiger charge is 2.21. The average molecular weight is 353 g/mol. The molecule has 120 valence electrons. The maximum atomic E-state index is 12.4. The molecular formula is C14H22Cl2N2O2S. The van der Waals surface area contributed by atoms with Gasteiger partial charge in [0.2, 0.25) is 10.0 Å². The molecule has 1 atom stereocenters. The van der Waals surface area contributed by atoms with Gasteiger partial charge < -0.3 is 5.32 Å². The van der Waals surface area contributed by atoms with Crippen LogP contribution < -0.4 is 10.0 Å². The summed E-state index contributed by atoms with van der Waals surface area (Å²) >= 11 is 6.04. The molecule has 0 bridgehead atoms. The third-order valence-corrected chi connectivity index (χ3v) is 5.45. The highest BCUT2D eigenvalue weighted by atomic mass is 35.5. The second kappa shape index (κ2) is 8.34. The van der Waals surface area contributed by atoms with E-state index in [-0.39, 0.29) is 22.3 Å². The number of halogens is 2. The summed E-state index contributed by atoms with van der Waals surface area (Å²) in [4.78, 5) is 0.191. The molecule has 1 aliphatic rings. The Morgan fingerprint density at radius 3 is 2.81 bits per heavy atom. The number of rotatable bonds is 6. The Morgan fingerprint density at radius 1 is 1.43 bits per heavy atom. The van der Waals surface area contributed by atoms with Gasteiger partial charge in [0.1, 0.15) is 4.90 Å². The number of sulfonamides is 1. The highest BCUT2D eigenvalue weighted by molar-refractivity contribution is 7.89. The van der Waals surface area contributed by atoms with Crippen molar-refractivity contribution in [2.45, 2.75) is 31.1 Å². The van der Waals surface area contributed by atoms with Crippen molar-refractivity contribution >= 4 is 34.0 Å². The molecule has 2 N–H and O–H groups in total. The third-order valence-electron chi connectivity index (χ3n) is 3.55. The SMILES string of the molecule is CCCc1ccc(Cl)c(S(=O)(=O)NCC2CCNC2)c1.Cl. The average Bonchev–Trinajstić information content (AvgIpc) is 2.92. The Hall–Kier alpha value is -0.330. The van der Waals surface area contributed by atoms with Gasteiger partial charge in [-0.05, 0) is 49.5 Å². The molecule has 0 aromatic heterocycles. The zero-order chi connectivity index (χ0) is 14.6. The predicted molar refractivity (Wildman–Crippen MR) is 88.9 cm³/mol. The quantitative estimate of drug-likeness (QED) is 0.827. The largest absolute Gasteiger partial charge is 0.316 e. The van der Waals surface area contributed by atoms with Gasteiger partial charge in [-0.25, -0.2) is 13.1 Å². The minimum absolute atomic E-state index is 0. The highest BCUT2D eigenvalue weighted by Crippen LogP contribution is 2.23. The summed E-state index contributed by atoms with van der Waals surface area (Å²) < 4.78 is 27.4. The van der Waals surface area contributed by atoms with Crippen molar-refractivity contribution in [1.29, 1.82) is 0 Å². The van der Waals surface area contributed by atoms with E-state index in [4.69, 9.17) is 11.6 Å². The first-order valence-electron chi connectivity index (χ1n) is 7.01. The minimum atomic E-state index is -3.53. The fraction of sp³-hybridized carbons (Fsp3) is 0.571. The maximum absolute atomic E-state index is 12.4. The Morgan fingerprint density at radius 2 is 2.19 bits per heavy atom. The summed E-state index contributed by atoms with van der Waals surface area (Å²) in [6.45, 7) is 4.35. The van der Waals surface area contributed by atoms with Crippen LogP contribution in [-0.2, 0) is 16.4 Å². The molecule has 1 aromatic rings. The van der Waals surface area contributed by atoms with Crippen LogP contribution in [0.4, 0.5) is 0 Å². The van der Waals surface area contributed by atoms with Crippen LogP contribution in [0.5, 0.6) is 0 Å². The first-order chi connectivity index (χ1) is 9.53. The summed E-state index contributed by atoms with van der Waals surface area (Å²) in [5.74, 6) is 0.363. The number of hydrogen-bond acceptors (Lipinski definition) is 3. The Labute approximate surface area is 138 Å². The van der Waals surface area contributed by atoms with Crippen molar-refractivity contribution in [1.82, 2.24) is 10.0 Å². The van der Waals surface area contributed by atoms with E-state index in [2.05, 4.69) is 17.0 Å². The van der Waals surface area contributed by atoms with Crippen LogP contribution in [0.15, 0.2) is 23.1 Å². The summed E-state index contributed by atoms with van der Waals surface area (Å²) in [6, 6.07) is 5.23. The number of hydrogen-bond donors (Lipinski definition) is 2. The van der Waals surface area contributed by atoms with Gasteiger partial charge in [0.15, 0.2) is 0 Å². The van der Waals surface area contributed by atoms with E-state index in [9.17, 15) is 8.42 Å². The topological polar surface area (TPSA) is 58.2 Å². The molecule has 7 heteroatoms. The second-order valence-electron chi connectivity index (χ2n) is 5.23. The van der Waals surface area contributed by atoms with Crippen molar-refractivity contribution in [3.05, 3.63) is 28.8 Å². The molecule has 0 spiro atoms. The van der Waals surface area contributed by atoms with Crippen LogP contribution in [0.1, 0.15) is 25.3 Å².